The predicted molar refractivity (Wildman–Crippen MR) is 44.9 cm³/mol. The first-order valence-electron chi connectivity index (χ1n) is 3.84. The van der Waals surface area contributed by atoms with E-state index in [-0.39, 0.29) is 6.42 Å². The van der Waals surface area contributed by atoms with Gasteiger partial charge in [0, 0.05) is 11.8 Å². The quantitative estimate of drug-likeness (QED) is 0.559. The van der Waals surface area contributed by atoms with Gasteiger partial charge in [0.05, 0.1) is 12.7 Å². The third kappa shape index (κ3) is 4.48. The molecule has 88 valence electrons. The summed E-state index contributed by atoms with van der Waals surface area (Å²) < 4.78 is 60.2. The van der Waals surface area contributed by atoms with Crippen LogP contribution in [0.5, 0.6) is 0 Å². The van der Waals surface area contributed by atoms with Gasteiger partial charge in [-0.15, -0.1) is 0 Å². The molecule has 0 radical (unpaired) electrons. The number of nitriles is 1. The summed E-state index contributed by atoms with van der Waals surface area (Å²) in [5.74, 6) is 0. The Morgan fingerprint density at radius 2 is 1.80 bits per heavy atom. The van der Waals surface area contributed by atoms with Gasteiger partial charge in [0.25, 0.3) is 0 Å². The van der Waals surface area contributed by atoms with E-state index in [1.165, 1.54) is 13.8 Å². The number of alkyl halides is 3. The topological polar surface area (TPSA) is 67.2 Å². The van der Waals surface area contributed by atoms with Crippen molar-refractivity contribution in [1.82, 2.24) is 0 Å². The molecule has 0 aromatic rings. The number of hydrogen-bond acceptors (Lipinski definition) is 4. The standard InChI is InChI=1S/C7H10F3NO3S/c1-6(2,3-4-11)5-14-15(12,13)7(8,9)10/h3,5H2,1-2H3. The molecule has 0 aliphatic carbocycles. The maximum absolute atomic E-state index is 11.8. The smallest absolute Gasteiger partial charge is 0.263 e. The second-order valence-electron chi connectivity index (χ2n) is 3.66. The van der Waals surface area contributed by atoms with E-state index in [0.717, 1.165) is 0 Å². The molecule has 0 fully saturated rings. The van der Waals surface area contributed by atoms with Gasteiger partial charge < -0.3 is 0 Å². The van der Waals surface area contributed by atoms with Crippen LogP contribution in [-0.2, 0) is 14.3 Å². The molecular formula is C7H10F3NO3S. The summed E-state index contributed by atoms with van der Waals surface area (Å²) in [6.45, 7) is 2.19. The highest BCUT2D eigenvalue weighted by molar-refractivity contribution is 7.87. The molecule has 0 aliphatic heterocycles. The minimum absolute atomic E-state index is 0.0968. The zero-order valence-corrected chi connectivity index (χ0v) is 8.94. The van der Waals surface area contributed by atoms with Crippen LogP contribution in [0.3, 0.4) is 0 Å². The normalized spacial score (nSPS) is 13.6. The second kappa shape index (κ2) is 4.37. The molecule has 0 aromatic carbocycles. The van der Waals surface area contributed by atoms with Crippen molar-refractivity contribution < 1.29 is 25.8 Å². The lowest BCUT2D eigenvalue weighted by atomic mass is 9.92. The molecule has 0 saturated carbocycles. The van der Waals surface area contributed by atoms with Crippen LogP contribution in [0.2, 0.25) is 0 Å². The van der Waals surface area contributed by atoms with Crippen molar-refractivity contribution in [3.05, 3.63) is 0 Å². The molecule has 4 nitrogen and oxygen atoms in total. The minimum atomic E-state index is -5.56. The largest absolute Gasteiger partial charge is 0.523 e. The maximum Gasteiger partial charge on any atom is 0.523 e. The average Bonchev–Trinajstić information content (AvgIpc) is 1.99. The summed E-state index contributed by atoms with van der Waals surface area (Å²) in [4.78, 5) is 0. The third-order valence-electron chi connectivity index (χ3n) is 1.45. The van der Waals surface area contributed by atoms with Crippen LogP contribution < -0.4 is 0 Å². The van der Waals surface area contributed by atoms with Crippen molar-refractivity contribution >= 4 is 10.1 Å². The summed E-state index contributed by atoms with van der Waals surface area (Å²) in [6.07, 6.45) is -0.0968. The Balaban J connectivity index is 4.49. The highest BCUT2D eigenvalue weighted by atomic mass is 32.2. The molecule has 8 heteroatoms. The SMILES string of the molecule is CC(C)(CC#N)COS(=O)(=O)C(F)(F)F. The summed E-state index contributed by atoms with van der Waals surface area (Å²) in [7, 11) is -5.56. The highest BCUT2D eigenvalue weighted by Crippen LogP contribution is 2.28. The average molecular weight is 245 g/mol. The van der Waals surface area contributed by atoms with Crippen molar-refractivity contribution in [2.45, 2.75) is 25.8 Å². The summed E-state index contributed by atoms with van der Waals surface area (Å²) in [5.41, 5.74) is -6.36. The summed E-state index contributed by atoms with van der Waals surface area (Å²) in [6, 6.07) is 1.73. The van der Waals surface area contributed by atoms with E-state index in [4.69, 9.17) is 5.26 Å². The van der Waals surface area contributed by atoms with Crippen LogP contribution in [0.15, 0.2) is 0 Å². The fourth-order valence-corrected chi connectivity index (χ4v) is 1.18. The predicted octanol–water partition coefficient (Wildman–Crippen LogP) is 1.79. The highest BCUT2D eigenvalue weighted by Gasteiger charge is 2.47. The molecular weight excluding hydrogens is 235 g/mol. The third-order valence-corrected chi connectivity index (χ3v) is 2.44. The monoisotopic (exact) mass is 245 g/mol. The van der Waals surface area contributed by atoms with Crippen molar-refractivity contribution in [3.8, 4) is 6.07 Å². The van der Waals surface area contributed by atoms with Gasteiger partial charge in [-0.2, -0.15) is 26.9 Å². The molecule has 0 saturated heterocycles. The van der Waals surface area contributed by atoms with Crippen LogP contribution in [0.4, 0.5) is 13.2 Å². The molecule has 0 rings (SSSR count). The molecule has 15 heavy (non-hydrogen) atoms. The van der Waals surface area contributed by atoms with Crippen molar-refractivity contribution in [3.63, 3.8) is 0 Å². The molecule has 0 bridgehead atoms. The van der Waals surface area contributed by atoms with Gasteiger partial charge in [-0.3, -0.25) is 4.18 Å². The Kier molecular flexibility index (Phi) is 4.13. The zero-order valence-electron chi connectivity index (χ0n) is 8.13. The van der Waals surface area contributed by atoms with E-state index in [1.807, 2.05) is 0 Å². The molecule has 0 N–H and O–H groups in total. The van der Waals surface area contributed by atoms with E-state index in [2.05, 4.69) is 4.18 Å². The number of halogens is 3. The van der Waals surface area contributed by atoms with Crippen LogP contribution in [0, 0.1) is 16.7 Å². The molecule has 0 unspecified atom stereocenters. The van der Waals surface area contributed by atoms with Crippen LogP contribution in [0.1, 0.15) is 20.3 Å². The fourth-order valence-electron chi connectivity index (χ4n) is 0.569. The fraction of sp³-hybridized carbons (Fsp3) is 0.857. The van der Waals surface area contributed by atoms with Gasteiger partial charge in [0.1, 0.15) is 0 Å². The lowest BCUT2D eigenvalue weighted by Gasteiger charge is -2.20. The second-order valence-corrected chi connectivity index (χ2v) is 5.27. The Morgan fingerprint density at radius 1 is 1.33 bits per heavy atom. The van der Waals surface area contributed by atoms with Crippen molar-refractivity contribution in [2.24, 2.45) is 5.41 Å². The van der Waals surface area contributed by atoms with E-state index in [9.17, 15) is 21.6 Å². The van der Waals surface area contributed by atoms with Crippen molar-refractivity contribution in [2.75, 3.05) is 6.61 Å². The van der Waals surface area contributed by atoms with Gasteiger partial charge in [0.2, 0.25) is 0 Å². The Hall–Kier alpha value is -0.810. The molecule has 0 amide bonds. The Labute approximate surface area is 85.8 Å². The molecule has 0 heterocycles. The zero-order chi connectivity index (χ0) is 12.3. The van der Waals surface area contributed by atoms with E-state index in [0.29, 0.717) is 0 Å². The molecule has 0 aromatic heterocycles. The Bertz CT molecular complexity index is 353. The lowest BCUT2D eigenvalue weighted by molar-refractivity contribution is -0.0560. The number of rotatable bonds is 4. The number of hydrogen-bond donors (Lipinski definition) is 0. The van der Waals surface area contributed by atoms with Crippen LogP contribution in [0.25, 0.3) is 0 Å². The Morgan fingerprint density at radius 3 is 2.13 bits per heavy atom. The first-order valence-corrected chi connectivity index (χ1v) is 5.25. The van der Waals surface area contributed by atoms with Gasteiger partial charge in [-0.25, -0.2) is 0 Å². The first kappa shape index (κ1) is 14.2. The lowest BCUT2D eigenvalue weighted by Crippen LogP contribution is -2.30. The minimum Gasteiger partial charge on any atom is -0.263 e. The van der Waals surface area contributed by atoms with Gasteiger partial charge in [-0.05, 0) is 0 Å². The molecule has 0 atom stereocenters. The summed E-state index contributed by atoms with van der Waals surface area (Å²) >= 11 is 0. The summed E-state index contributed by atoms with van der Waals surface area (Å²) in [5, 5.41) is 8.31. The van der Waals surface area contributed by atoms with E-state index in [1.54, 1.807) is 6.07 Å². The molecule has 0 spiro atoms. The van der Waals surface area contributed by atoms with Gasteiger partial charge in [-0.1, -0.05) is 13.8 Å². The van der Waals surface area contributed by atoms with Gasteiger partial charge in [0.15, 0.2) is 0 Å². The van der Waals surface area contributed by atoms with E-state index < -0.39 is 27.6 Å². The van der Waals surface area contributed by atoms with Crippen molar-refractivity contribution in [1.29, 1.82) is 5.26 Å². The molecule has 0 aliphatic rings. The number of nitrogens with zero attached hydrogens (tertiary/aromatic N) is 1. The first-order chi connectivity index (χ1) is 6.52. The maximum atomic E-state index is 11.8. The van der Waals surface area contributed by atoms with Gasteiger partial charge >= 0.3 is 15.6 Å². The van der Waals surface area contributed by atoms with Crippen LogP contribution >= 0.6 is 0 Å². The van der Waals surface area contributed by atoms with Crippen LogP contribution in [-0.4, -0.2) is 20.5 Å². The van der Waals surface area contributed by atoms with E-state index >= 15 is 0 Å².